The van der Waals surface area contributed by atoms with Crippen molar-refractivity contribution in [3.8, 4) is 17.3 Å². The molecular formula is C28H33FN10O3S. The van der Waals surface area contributed by atoms with Crippen LogP contribution in [0.15, 0.2) is 45.8 Å². The summed E-state index contributed by atoms with van der Waals surface area (Å²) in [5.41, 5.74) is 7.75. The Bertz CT molecular complexity index is 1770. The zero-order valence-corrected chi connectivity index (χ0v) is 24.4. The summed E-state index contributed by atoms with van der Waals surface area (Å²) in [7, 11) is 0. The number of nitrogen functional groups attached to an aromatic ring is 1. The van der Waals surface area contributed by atoms with Crippen molar-refractivity contribution in [1.82, 2.24) is 39.3 Å². The van der Waals surface area contributed by atoms with Crippen LogP contribution in [0.4, 0.5) is 16.0 Å². The van der Waals surface area contributed by atoms with Crippen molar-refractivity contribution in [3.63, 3.8) is 0 Å². The smallest absolute Gasteiger partial charge is 0.309 e. The van der Waals surface area contributed by atoms with Crippen molar-refractivity contribution in [2.24, 2.45) is 0 Å². The summed E-state index contributed by atoms with van der Waals surface area (Å²) in [6.07, 6.45) is 1.55. The van der Waals surface area contributed by atoms with Gasteiger partial charge in [-0.3, -0.25) is 19.2 Å². The molecule has 0 amide bonds. The third-order valence-corrected chi connectivity index (χ3v) is 8.98. The van der Waals surface area contributed by atoms with Gasteiger partial charge >= 0.3 is 4.87 Å². The molecule has 43 heavy (non-hydrogen) atoms. The van der Waals surface area contributed by atoms with Gasteiger partial charge in [0.25, 0.3) is 0 Å². The Morgan fingerprint density at radius 2 is 1.81 bits per heavy atom. The quantitative estimate of drug-likeness (QED) is 0.253. The summed E-state index contributed by atoms with van der Waals surface area (Å²) in [5, 5.41) is 7.74. The minimum atomic E-state index is -0.275. The number of hydrogen-bond donors (Lipinski definition) is 2. The Labute approximate surface area is 250 Å². The summed E-state index contributed by atoms with van der Waals surface area (Å²) in [6.45, 7) is 9.34. The summed E-state index contributed by atoms with van der Waals surface area (Å²) < 4.78 is 30.0. The number of fused-ring (bicyclic) bond motifs is 3. The zero-order valence-electron chi connectivity index (χ0n) is 23.6. The molecule has 2 fully saturated rings. The molecule has 7 rings (SSSR count). The number of furan rings is 1. The average molecular weight is 609 g/mol. The van der Waals surface area contributed by atoms with Gasteiger partial charge in [-0.15, -0.1) is 5.10 Å². The molecule has 0 aliphatic carbocycles. The predicted molar refractivity (Wildman–Crippen MR) is 162 cm³/mol. The average Bonchev–Trinajstić information content (AvgIpc) is 3.77. The molecule has 2 saturated heterocycles. The molecule has 4 aromatic heterocycles. The maximum Gasteiger partial charge on any atom is 0.309 e. The summed E-state index contributed by atoms with van der Waals surface area (Å²) in [6, 6.07) is 8.65. The number of piperazine rings is 2. The molecule has 0 spiro atoms. The van der Waals surface area contributed by atoms with Crippen LogP contribution in [0.2, 0.25) is 0 Å². The van der Waals surface area contributed by atoms with E-state index in [0.29, 0.717) is 71.8 Å². The minimum Gasteiger partial charge on any atom is -0.492 e. The van der Waals surface area contributed by atoms with Gasteiger partial charge in [0.2, 0.25) is 11.8 Å². The van der Waals surface area contributed by atoms with Crippen LogP contribution >= 0.6 is 11.3 Å². The van der Waals surface area contributed by atoms with Gasteiger partial charge in [0.05, 0.1) is 12.0 Å². The van der Waals surface area contributed by atoms with Crippen molar-refractivity contribution in [1.29, 1.82) is 0 Å². The van der Waals surface area contributed by atoms with E-state index in [1.165, 1.54) is 10.6 Å². The van der Waals surface area contributed by atoms with E-state index in [2.05, 4.69) is 35.1 Å². The maximum atomic E-state index is 15.0. The van der Waals surface area contributed by atoms with E-state index < -0.39 is 0 Å². The molecule has 5 aromatic rings. The van der Waals surface area contributed by atoms with Gasteiger partial charge in [-0.2, -0.15) is 9.50 Å². The topological polar surface area (TPSA) is 135 Å². The van der Waals surface area contributed by atoms with Crippen LogP contribution in [0.25, 0.3) is 27.6 Å². The summed E-state index contributed by atoms with van der Waals surface area (Å²) >= 11 is 1.08. The Hall–Kier alpha value is -4.05. The lowest BCUT2D eigenvalue weighted by Gasteiger charge is -2.36. The molecule has 3 N–H and O–H groups in total. The van der Waals surface area contributed by atoms with Crippen LogP contribution in [-0.2, 0) is 6.54 Å². The molecule has 13 nitrogen and oxygen atoms in total. The van der Waals surface area contributed by atoms with Crippen LogP contribution in [-0.4, -0.2) is 106 Å². The first-order chi connectivity index (χ1) is 21.0. The zero-order chi connectivity index (χ0) is 29.3. The summed E-state index contributed by atoms with van der Waals surface area (Å²) in [5.74, 6) is 1.31. The van der Waals surface area contributed by atoms with Crippen molar-refractivity contribution in [2.75, 3.05) is 82.7 Å². The number of benzene rings is 1. The lowest BCUT2D eigenvalue weighted by molar-refractivity contribution is 0.191. The fourth-order valence-electron chi connectivity index (χ4n) is 5.65. The highest BCUT2D eigenvalue weighted by Crippen LogP contribution is 2.27. The van der Waals surface area contributed by atoms with E-state index in [9.17, 15) is 4.79 Å². The molecule has 2 aliphatic rings. The Morgan fingerprint density at radius 3 is 2.58 bits per heavy atom. The number of anilines is 2. The second-order valence-electron chi connectivity index (χ2n) is 10.7. The van der Waals surface area contributed by atoms with Crippen molar-refractivity contribution >= 4 is 39.0 Å². The van der Waals surface area contributed by atoms with E-state index in [-0.39, 0.29) is 16.6 Å². The maximum absolute atomic E-state index is 15.0. The Kier molecular flexibility index (Phi) is 7.69. The molecule has 0 atom stereocenters. The van der Waals surface area contributed by atoms with E-state index in [0.717, 1.165) is 57.2 Å². The number of ether oxygens (including phenoxy) is 1. The predicted octanol–water partition coefficient (Wildman–Crippen LogP) is 1.59. The molecule has 6 heterocycles. The number of halogens is 1. The second-order valence-corrected chi connectivity index (χ2v) is 11.6. The monoisotopic (exact) mass is 608 g/mol. The molecule has 0 radical (unpaired) electrons. The first-order valence-corrected chi connectivity index (χ1v) is 15.3. The fourth-order valence-corrected chi connectivity index (χ4v) is 6.58. The van der Waals surface area contributed by atoms with E-state index in [4.69, 9.17) is 14.9 Å². The molecule has 15 heteroatoms. The van der Waals surface area contributed by atoms with Crippen LogP contribution in [0, 0.1) is 5.82 Å². The van der Waals surface area contributed by atoms with E-state index in [1.54, 1.807) is 29.0 Å². The van der Waals surface area contributed by atoms with Crippen LogP contribution in [0.3, 0.4) is 0 Å². The Morgan fingerprint density at radius 1 is 1.00 bits per heavy atom. The number of hydrogen-bond acceptors (Lipinski definition) is 12. The van der Waals surface area contributed by atoms with Crippen molar-refractivity contribution in [2.45, 2.75) is 6.54 Å². The van der Waals surface area contributed by atoms with Gasteiger partial charge < -0.3 is 25.1 Å². The lowest BCUT2D eigenvalue weighted by atomic mass is 10.2. The van der Waals surface area contributed by atoms with Gasteiger partial charge in [0, 0.05) is 78.1 Å². The largest absolute Gasteiger partial charge is 0.492 e. The molecule has 0 bridgehead atoms. The molecule has 226 valence electrons. The van der Waals surface area contributed by atoms with Gasteiger partial charge in [0.1, 0.15) is 22.9 Å². The highest BCUT2D eigenvalue weighted by Gasteiger charge is 2.23. The summed E-state index contributed by atoms with van der Waals surface area (Å²) in [4.78, 5) is 28.6. The molecule has 1 aromatic carbocycles. The minimum absolute atomic E-state index is 0.131. The lowest BCUT2D eigenvalue weighted by Crippen LogP contribution is -2.47. The van der Waals surface area contributed by atoms with Crippen molar-refractivity contribution < 1.29 is 13.5 Å². The number of aromatic nitrogens is 5. The van der Waals surface area contributed by atoms with Crippen molar-refractivity contribution in [3.05, 3.63) is 52.1 Å². The van der Waals surface area contributed by atoms with Gasteiger partial charge in [-0.1, -0.05) is 11.3 Å². The van der Waals surface area contributed by atoms with Crippen LogP contribution in [0.1, 0.15) is 0 Å². The number of nitrogens with two attached hydrogens (primary N) is 1. The molecule has 2 aliphatic heterocycles. The standard InChI is InChI=1S/C28H33FN10O3S/c29-20-18-19(41-17-15-35-7-5-31-6-8-35)3-4-21(20)37-12-9-36(10-13-37)11-14-38-25-23(43-28(38)40)26-32-24(22-2-1-16-42-22)34-39(26)27(30)33-25/h1-4,16,18,31H,5-15,17H2,(H2,30,33). The highest BCUT2D eigenvalue weighted by molar-refractivity contribution is 7.17. The number of nitrogens with zero attached hydrogens (tertiary/aromatic N) is 8. The molecule has 0 unspecified atom stereocenters. The van der Waals surface area contributed by atoms with Gasteiger partial charge in [-0.05, 0) is 24.3 Å². The highest BCUT2D eigenvalue weighted by atomic mass is 32.1. The number of nitrogens with one attached hydrogen (secondary N) is 1. The van der Waals surface area contributed by atoms with Gasteiger partial charge in [-0.25, -0.2) is 9.37 Å². The van der Waals surface area contributed by atoms with E-state index in [1.807, 2.05) is 6.07 Å². The van der Waals surface area contributed by atoms with Crippen LogP contribution in [0.5, 0.6) is 5.75 Å². The normalized spacial score (nSPS) is 16.9. The third kappa shape index (κ3) is 5.68. The SMILES string of the molecule is Nc1nc2c(sc(=O)n2CCN2CCN(c3ccc(OCCN4CCNCC4)cc3F)CC2)c2nc(-c3ccco3)nn12. The first-order valence-electron chi connectivity index (χ1n) is 14.5. The van der Waals surface area contributed by atoms with E-state index >= 15 is 4.39 Å². The molecular weight excluding hydrogens is 575 g/mol. The fraction of sp³-hybridized carbons (Fsp3) is 0.429. The first kappa shape index (κ1) is 27.8. The Balaban J connectivity index is 0.963. The van der Waals surface area contributed by atoms with Gasteiger partial charge in [0.15, 0.2) is 17.1 Å². The number of thiazole rings is 1. The number of rotatable bonds is 9. The third-order valence-electron chi connectivity index (χ3n) is 8.02. The van der Waals surface area contributed by atoms with Crippen LogP contribution < -0.4 is 25.6 Å². The second kappa shape index (κ2) is 11.9. The molecule has 0 saturated carbocycles.